The van der Waals surface area contributed by atoms with E-state index in [1.807, 2.05) is 12.1 Å². The van der Waals surface area contributed by atoms with Crippen molar-refractivity contribution < 1.29 is 4.79 Å². The van der Waals surface area contributed by atoms with Crippen LogP contribution in [0.3, 0.4) is 0 Å². The number of carbonyl (C=O) groups excluding carboxylic acids is 1. The molecule has 4 rings (SSSR count). The molecule has 2 nitrogen and oxygen atoms in total. The fourth-order valence-electron chi connectivity index (χ4n) is 4.18. The molecule has 2 bridgehead atoms. The lowest BCUT2D eigenvalue weighted by Gasteiger charge is -2.58. The Hall–Kier alpha value is -1.41. The zero-order valence-electron chi connectivity index (χ0n) is 12.4. The predicted octanol–water partition coefficient (Wildman–Crippen LogP) is 3.60. The third-order valence-corrected chi connectivity index (χ3v) is 5.08. The highest BCUT2D eigenvalue weighted by Gasteiger charge is 2.54. The van der Waals surface area contributed by atoms with Crippen molar-refractivity contribution >= 4 is 5.78 Å². The molecule has 3 fully saturated rings. The maximum Gasteiger partial charge on any atom is 0.139 e. The molecule has 1 aromatic rings. The third kappa shape index (κ3) is 2.03. The Balaban J connectivity index is 2.03. The quantitative estimate of drug-likeness (QED) is 0.781. The summed E-state index contributed by atoms with van der Waals surface area (Å²) in [7, 11) is 0. The van der Waals surface area contributed by atoms with E-state index in [-0.39, 0.29) is 17.4 Å². The summed E-state index contributed by atoms with van der Waals surface area (Å²) in [5.41, 5.74) is 1.49. The van der Waals surface area contributed by atoms with Crippen LogP contribution >= 0.6 is 0 Å². The number of hydrogen-bond donors (Lipinski definition) is 0. The van der Waals surface area contributed by atoms with Gasteiger partial charge in [-0.05, 0) is 17.4 Å². The van der Waals surface area contributed by atoms with Crippen molar-refractivity contribution in [3.05, 3.63) is 48.6 Å². The Morgan fingerprint density at radius 2 is 2.05 bits per heavy atom. The van der Waals surface area contributed by atoms with Crippen LogP contribution in [-0.2, 0) is 4.79 Å². The monoisotopic (exact) mass is 269 g/mol. The zero-order valence-corrected chi connectivity index (χ0v) is 12.4. The molecular weight excluding hydrogens is 246 g/mol. The second-order valence-electron chi connectivity index (χ2n) is 6.83. The molecule has 0 unspecified atom stereocenters. The minimum absolute atomic E-state index is 0.136. The summed E-state index contributed by atoms with van der Waals surface area (Å²) in [6.07, 6.45) is 3.68. The Morgan fingerprint density at radius 1 is 1.35 bits per heavy atom. The predicted molar refractivity (Wildman–Crippen MR) is 81.4 cm³/mol. The van der Waals surface area contributed by atoms with Gasteiger partial charge in [-0.25, -0.2) is 0 Å². The van der Waals surface area contributed by atoms with Crippen LogP contribution in [-0.4, -0.2) is 23.3 Å². The van der Waals surface area contributed by atoms with Gasteiger partial charge in [0.25, 0.3) is 0 Å². The number of fused-ring (bicyclic) bond motifs is 3. The molecule has 2 saturated heterocycles. The first kappa shape index (κ1) is 13.6. The molecule has 106 valence electrons. The number of rotatable bonds is 3. The average Bonchev–Trinajstić information content (AvgIpc) is 2.42. The van der Waals surface area contributed by atoms with Gasteiger partial charge in [0, 0.05) is 31.0 Å². The van der Waals surface area contributed by atoms with Crippen LogP contribution in [0.4, 0.5) is 0 Å². The van der Waals surface area contributed by atoms with E-state index in [0.717, 1.165) is 13.0 Å². The molecule has 3 aliphatic rings. The van der Waals surface area contributed by atoms with E-state index in [1.54, 1.807) is 0 Å². The molecular formula is C18H23NO. The summed E-state index contributed by atoms with van der Waals surface area (Å²) < 4.78 is 0. The Bertz CT molecular complexity index is 519. The summed E-state index contributed by atoms with van der Waals surface area (Å²) in [5, 5.41) is 0. The summed E-state index contributed by atoms with van der Waals surface area (Å²) in [4.78, 5) is 14.9. The lowest BCUT2D eigenvalue weighted by molar-refractivity contribution is -0.149. The first-order chi connectivity index (χ1) is 9.54. The molecule has 1 aliphatic carbocycles. The molecule has 20 heavy (non-hydrogen) atoms. The van der Waals surface area contributed by atoms with Gasteiger partial charge in [-0.15, -0.1) is 6.58 Å². The number of hydrogen-bond acceptors (Lipinski definition) is 2. The molecule has 0 spiro atoms. The van der Waals surface area contributed by atoms with E-state index in [0.29, 0.717) is 18.2 Å². The van der Waals surface area contributed by atoms with Gasteiger partial charge < -0.3 is 0 Å². The summed E-state index contributed by atoms with van der Waals surface area (Å²) in [6, 6.07) is 11.0. The van der Waals surface area contributed by atoms with Crippen molar-refractivity contribution in [1.29, 1.82) is 0 Å². The molecule has 0 radical (unpaired) electrons. The highest BCUT2D eigenvalue weighted by atomic mass is 16.1. The average molecular weight is 269 g/mol. The van der Waals surface area contributed by atoms with Crippen LogP contribution in [0, 0.1) is 11.3 Å². The maximum atomic E-state index is 12.4. The van der Waals surface area contributed by atoms with Gasteiger partial charge in [0.2, 0.25) is 0 Å². The topological polar surface area (TPSA) is 20.3 Å². The number of benzene rings is 1. The van der Waals surface area contributed by atoms with Crippen LogP contribution in [0.1, 0.15) is 38.3 Å². The van der Waals surface area contributed by atoms with Crippen molar-refractivity contribution in [2.24, 2.45) is 11.3 Å². The van der Waals surface area contributed by atoms with Gasteiger partial charge in [-0.1, -0.05) is 50.3 Å². The van der Waals surface area contributed by atoms with Gasteiger partial charge in [0.1, 0.15) is 5.78 Å². The van der Waals surface area contributed by atoms with Crippen LogP contribution in [0.2, 0.25) is 0 Å². The molecule has 2 aliphatic heterocycles. The van der Waals surface area contributed by atoms with Crippen molar-refractivity contribution in [3.63, 3.8) is 0 Å². The molecule has 2 heterocycles. The number of ketones is 1. The molecule has 0 aromatic heterocycles. The Kier molecular flexibility index (Phi) is 3.29. The molecule has 1 saturated carbocycles. The van der Waals surface area contributed by atoms with E-state index in [9.17, 15) is 4.79 Å². The van der Waals surface area contributed by atoms with E-state index in [4.69, 9.17) is 0 Å². The fourth-order valence-corrected chi connectivity index (χ4v) is 4.18. The Morgan fingerprint density at radius 3 is 2.70 bits per heavy atom. The highest BCUT2D eigenvalue weighted by Crippen LogP contribution is 2.53. The second-order valence-corrected chi connectivity index (χ2v) is 6.83. The number of Topliss-reactive ketones (excluding diaryl/α,β-unsaturated/α-hetero) is 1. The van der Waals surface area contributed by atoms with Gasteiger partial charge >= 0.3 is 0 Å². The van der Waals surface area contributed by atoms with Crippen molar-refractivity contribution in [3.8, 4) is 0 Å². The largest absolute Gasteiger partial charge is 0.299 e. The van der Waals surface area contributed by atoms with Crippen LogP contribution in [0.25, 0.3) is 0 Å². The van der Waals surface area contributed by atoms with Crippen molar-refractivity contribution in [2.45, 2.75) is 38.8 Å². The standard InChI is InChI=1S/C18H23NO/c1-4-10-19-16-11-15(20)14(12-18(16,2)3)17(19)13-8-6-5-7-9-13/h4-9,14,16-17H,1,10-12H2,2-3H3/t14-,16-,17-/m1/s1. The first-order valence-electron chi connectivity index (χ1n) is 7.49. The minimum atomic E-state index is 0.136. The van der Waals surface area contributed by atoms with Gasteiger partial charge in [-0.3, -0.25) is 9.69 Å². The molecule has 0 N–H and O–H groups in total. The smallest absolute Gasteiger partial charge is 0.139 e. The summed E-state index contributed by atoms with van der Waals surface area (Å²) in [5.74, 6) is 0.584. The second kappa shape index (κ2) is 4.85. The summed E-state index contributed by atoms with van der Waals surface area (Å²) >= 11 is 0. The molecule has 1 aromatic carbocycles. The number of nitrogens with zero attached hydrogens (tertiary/aromatic N) is 1. The van der Waals surface area contributed by atoms with Crippen LogP contribution in [0.5, 0.6) is 0 Å². The van der Waals surface area contributed by atoms with Gasteiger partial charge in [-0.2, -0.15) is 0 Å². The first-order valence-corrected chi connectivity index (χ1v) is 7.49. The molecule has 0 amide bonds. The minimum Gasteiger partial charge on any atom is -0.299 e. The van der Waals surface area contributed by atoms with Crippen molar-refractivity contribution in [1.82, 2.24) is 4.90 Å². The third-order valence-electron chi connectivity index (χ3n) is 5.08. The van der Waals surface area contributed by atoms with E-state index >= 15 is 0 Å². The fraction of sp³-hybridized carbons (Fsp3) is 0.500. The molecule has 3 atom stereocenters. The normalized spacial score (nSPS) is 32.3. The lowest BCUT2D eigenvalue weighted by Crippen LogP contribution is -2.61. The zero-order chi connectivity index (χ0) is 14.3. The number of carbonyl (C=O) groups is 1. The maximum absolute atomic E-state index is 12.4. The summed E-state index contributed by atoms with van der Waals surface area (Å²) in [6.45, 7) is 9.37. The van der Waals surface area contributed by atoms with Crippen molar-refractivity contribution in [2.75, 3.05) is 6.54 Å². The highest BCUT2D eigenvalue weighted by molar-refractivity contribution is 5.84. The van der Waals surface area contributed by atoms with Crippen LogP contribution in [0.15, 0.2) is 43.0 Å². The van der Waals surface area contributed by atoms with Gasteiger partial charge in [0.15, 0.2) is 0 Å². The number of piperidine rings is 2. The van der Waals surface area contributed by atoms with Gasteiger partial charge in [0.05, 0.1) is 0 Å². The Labute approximate surface area is 121 Å². The lowest BCUT2D eigenvalue weighted by atomic mass is 9.60. The molecule has 2 heteroatoms. The van der Waals surface area contributed by atoms with E-state index < -0.39 is 0 Å². The SMILES string of the molecule is C=CCN1[C@H](c2ccccc2)[C@@H]2CC(C)(C)[C@H]1CC2=O. The van der Waals surface area contributed by atoms with E-state index in [1.165, 1.54) is 5.56 Å². The van der Waals surface area contributed by atoms with Crippen LogP contribution < -0.4 is 0 Å². The van der Waals surface area contributed by atoms with E-state index in [2.05, 4.69) is 49.6 Å².